The Morgan fingerprint density at radius 2 is 1.27 bits per heavy atom. The van der Waals surface area contributed by atoms with Crippen molar-refractivity contribution in [3.05, 3.63) is 0 Å². The lowest BCUT2D eigenvalue weighted by Crippen LogP contribution is -2.53. The number of quaternary nitrogens is 1. The normalized spacial score (nSPS) is 14.2. The van der Waals surface area contributed by atoms with Gasteiger partial charge in [-0.1, -0.05) is 27.7 Å². The summed E-state index contributed by atoms with van der Waals surface area (Å²) in [4.78, 5) is 0. The highest BCUT2D eigenvalue weighted by molar-refractivity contribution is 4.54. The Balaban J connectivity index is 4.44. The Hall–Kier alpha value is -0.0800. The molecule has 1 atom stereocenters. The summed E-state index contributed by atoms with van der Waals surface area (Å²) >= 11 is 0. The van der Waals surface area contributed by atoms with E-state index in [0.29, 0.717) is 0 Å². The molecule has 0 aliphatic carbocycles. The molecule has 0 bridgehead atoms. The molecular formula is C13H30NO+. The van der Waals surface area contributed by atoms with Crippen LogP contribution < -0.4 is 0 Å². The van der Waals surface area contributed by atoms with Crippen LogP contribution in [0.4, 0.5) is 0 Å². The Labute approximate surface area is 95.9 Å². The van der Waals surface area contributed by atoms with Gasteiger partial charge in [0.2, 0.25) is 0 Å². The molecule has 0 aliphatic rings. The fourth-order valence-electron chi connectivity index (χ4n) is 2.61. The van der Waals surface area contributed by atoms with Crippen LogP contribution in [-0.2, 0) is 0 Å². The first-order valence-corrected chi connectivity index (χ1v) is 6.67. The minimum Gasteiger partial charge on any atom is -0.387 e. The second-order valence-corrected chi connectivity index (χ2v) is 4.76. The van der Waals surface area contributed by atoms with Crippen molar-refractivity contribution in [1.29, 1.82) is 0 Å². The van der Waals surface area contributed by atoms with E-state index in [4.69, 9.17) is 0 Å². The molecule has 0 amide bonds. The summed E-state index contributed by atoms with van der Waals surface area (Å²) in [6, 6.07) is 0. The van der Waals surface area contributed by atoms with Crippen molar-refractivity contribution in [2.24, 2.45) is 0 Å². The van der Waals surface area contributed by atoms with Crippen LogP contribution in [0.3, 0.4) is 0 Å². The molecule has 0 rings (SSSR count). The zero-order chi connectivity index (χ0) is 11.7. The standard InChI is InChI=1S/C13H30NO/c1-5-9-14(10-6-2,11-7-3)12-13(15)8-4/h13,15H,5-12H2,1-4H3/q+1. The Morgan fingerprint density at radius 1 is 0.867 bits per heavy atom. The second-order valence-electron chi connectivity index (χ2n) is 4.76. The first-order valence-electron chi connectivity index (χ1n) is 6.67. The Bertz CT molecular complexity index is 130. The molecule has 0 saturated carbocycles. The Kier molecular flexibility index (Phi) is 8.07. The summed E-state index contributed by atoms with van der Waals surface area (Å²) in [5, 5.41) is 9.86. The first-order chi connectivity index (χ1) is 7.14. The molecule has 0 spiro atoms. The third-order valence-electron chi connectivity index (χ3n) is 3.16. The maximum Gasteiger partial charge on any atom is 0.105 e. The van der Waals surface area contributed by atoms with Gasteiger partial charge >= 0.3 is 0 Å². The predicted octanol–water partition coefficient (Wildman–Crippen LogP) is 2.80. The predicted molar refractivity (Wildman–Crippen MR) is 66.9 cm³/mol. The highest BCUT2D eigenvalue weighted by Crippen LogP contribution is 2.14. The summed E-state index contributed by atoms with van der Waals surface area (Å²) in [6.45, 7) is 13.4. The lowest BCUT2D eigenvalue weighted by molar-refractivity contribution is -0.931. The quantitative estimate of drug-likeness (QED) is 0.588. The molecule has 92 valence electrons. The maximum atomic E-state index is 9.86. The van der Waals surface area contributed by atoms with Crippen molar-refractivity contribution in [1.82, 2.24) is 0 Å². The molecule has 0 heterocycles. The molecule has 2 nitrogen and oxygen atoms in total. The average Bonchev–Trinajstić information content (AvgIpc) is 2.18. The van der Waals surface area contributed by atoms with Crippen molar-refractivity contribution in [3.63, 3.8) is 0 Å². The smallest absolute Gasteiger partial charge is 0.105 e. The van der Waals surface area contributed by atoms with Crippen molar-refractivity contribution >= 4 is 0 Å². The van der Waals surface area contributed by atoms with Crippen LogP contribution in [0.1, 0.15) is 53.4 Å². The number of hydrogen-bond donors (Lipinski definition) is 1. The summed E-state index contributed by atoms with van der Waals surface area (Å²) < 4.78 is 1.12. The molecule has 0 saturated heterocycles. The van der Waals surface area contributed by atoms with E-state index in [1.165, 1.54) is 38.9 Å². The van der Waals surface area contributed by atoms with E-state index in [1.54, 1.807) is 0 Å². The van der Waals surface area contributed by atoms with Gasteiger partial charge in [0.1, 0.15) is 12.6 Å². The topological polar surface area (TPSA) is 20.2 Å². The van der Waals surface area contributed by atoms with Gasteiger partial charge in [-0.25, -0.2) is 0 Å². The number of aliphatic hydroxyl groups excluding tert-OH is 1. The van der Waals surface area contributed by atoms with E-state index in [1.807, 2.05) is 0 Å². The first kappa shape index (κ1) is 14.9. The van der Waals surface area contributed by atoms with E-state index >= 15 is 0 Å². The summed E-state index contributed by atoms with van der Waals surface area (Å²) in [5.41, 5.74) is 0. The zero-order valence-corrected chi connectivity index (χ0v) is 11.1. The van der Waals surface area contributed by atoms with Crippen LogP contribution in [0.15, 0.2) is 0 Å². The molecule has 0 fully saturated rings. The van der Waals surface area contributed by atoms with Gasteiger partial charge in [-0.15, -0.1) is 0 Å². The lowest BCUT2D eigenvalue weighted by atomic mass is 10.1. The van der Waals surface area contributed by atoms with Crippen molar-refractivity contribution in [2.45, 2.75) is 59.5 Å². The fraction of sp³-hybridized carbons (Fsp3) is 1.00. The number of hydrogen-bond acceptors (Lipinski definition) is 1. The van der Waals surface area contributed by atoms with E-state index < -0.39 is 0 Å². The van der Waals surface area contributed by atoms with Gasteiger partial charge in [0, 0.05) is 0 Å². The molecule has 0 aromatic rings. The molecule has 1 N–H and O–H groups in total. The van der Waals surface area contributed by atoms with Crippen molar-refractivity contribution < 1.29 is 9.59 Å². The van der Waals surface area contributed by atoms with Crippen molar-refractivity contribution in [3.8, 4) is 0 Å². The highest BCUT2D eigenvalue weighted by Gasteiger charge is 2.27. The van der Waals surface area contributed by atoms with Gasteiger partial charge in [-0.2, -0.15) is 0 Å². The maximum absolute atomic E-state index is 9.86. The fourth-order valence-corrected chi connectivity index (χ4v) is 2.61. The monoisotopic (exact) mass is 216 g/mol. The van der Waals surface area contributed by atoms with E-state index in [0.717, 1.165) is 17.4 Å². The van der Waals surface area contributed by atoms with Crippen LogP contribution in [0.25, 0.3) is 0 Å². The SMILES string of the molecule is CCC[N+](CCC)(CCC)CC(O)CC. The van der Waals surface area contributed by atoms with Crippen LogP contribution in [0, 0.1) is 0 Å². The average molecular weight is 216 g/mol. The molecular weight excluding hydrogens is 186 g/mol. The van der Waals surface area contributed by atoms with Gasteiger partial charge < -0.3 is 9.59 Å². The van der Waals surface area contributed by atoms with E-state index in [-0.39, 0.29) is 6.10 Å². The molecule has 0 aromatic heterocycles. The molecule has 0 aromatic carbocycles. The number of nitrogens with zero attached hydrogens (tertiary/aromatic N) is 1. The highest BCUT2D eigenvalue weighted by atomic mass is 16.3. The summed E-state index contributed by atoms with van der Waals surface area (Å²) in [7, 11) is 0. The minimum absolute atomic E-state index is 0.116. The molecule has 15 heavy (non-hydrogen) atoms. The third-order valence-corrected chi connectivity index (χ3v) is 3.16. The van der Waals surface area contributed by atoms with Gasteiger partial charge in [-0.05, 0) is 25.7 Å². The van der Waals surface area contributed by atoms with E-state index in [9.17, 15) is 5.11 Å². The molecule has 0 aliphatic heterocycles. The number of aliphatic hydroxyl groups is 1. The summed E-state index contributed by atoms with van der Waals surface area (Å²) in [5.74, 6) is 0. The molecule has 2 heteroatoms. The zero-order valence-electron chi connectivity index (χ0n) is 11.1. The molecule has 0 radical (unpaired) electrons. The van der Waals surface area contributed by atoms with E-state index in [2.05, 4.69) is 27.7 Å². The number of rotatable bonds is 9. The van der Waals surface area contributed by atoms with Crippen LogP contribution >= 0.6 is 0 Å². The second kappa shape index (κ2) is 8.12. The Morgan fingerprint density at radius 3 is 1.53 bits per heavy atom. The van der Waals surface area contributed by atoms with Gasteiger partial charge in [-0.3, -0.25) is 0 Å². The van der Waals surface area contributed by atoms with Crippen LogP contribution in [0.5, 0.6) is 0 Å². The van der Waals surface area contributed by atoms with Gasteiger partial charge in [0.15, 0.2) is 0 Å². The van der Waals surface area contributed by atoms with Gasteiger partial charge in [0.05, 0.1) is 19.6 Å². The third kappa shape index (κ3) is 5.53. The largest absolute Gasteiger partial charge is 0.387 e. The van der Waals surface area contributed by atoms with Gasteiger partial charge in [0.25, 0.3) is 0 Å². The van der Waals surface area contributed by atoms with Crippen LogP contribution in [0.2, 0.25) is 0 Å². The molecule has 1 unspecified atom stereocenters. The lowest BCUT2D eigenvalue weighted by Gasteiger charge is -2.39. The van der Waals surface area contributed by atoms with Crippen molar-refractivity contribution in [2.75, 3.05) is 26.2 Å². The minimum atomic E-state index is -0.116. The van der Waals surface area contributed by atoms with Crippen LogP contribution in [-0.4, -0.2) is 41.9 Å². The summed E-state index contributed by atoms with van der Waals surface area (Å²) in [6.07, 6.45) is 4.43.